The molecule has 10 aromatic carbocycles. The Morgan fingerprint density at radius 1 is 0.358 bits per heavy atom. The molecule has 11 aromatic rings. The third kappa shape index (κ3) is 9.03. The highest BCUT2D eigenvalue weighted by Crippen LogP contribution is 2.50. The fraction of sp³-hybridized carbons (Fsp3) is 0.211. The van der Waals surface area contributed by atoms with Crippen LogP contribution in [-0.2, 0) is 21.7 Å². The summed E-state index contributed by atoms with van der Waals surface area (Å²) < 4.78 is 6.64. The zero-order valence-corrected chi connectivity index (χ0v) is 49.1. The number of hydrogen-bond acceptors (Lipinski definition) is 4. The Bertz CT molecular complexity index is 4200. The summed E-state index contributed by atoms with van der Waals surface area (Å²) in [5, 5.41) is 2.26. The van der Waals surface area contributed by atoms with Crippen LogP contribution in [0.25, 0.3) is 44.2 Å². The van der Waals surface area contributed by atoms with Gasteiger partial charge >= 0.3 is 0 Å². The van der Waals surface area contributed by atoms with Gasteiger partial charge in [0.1, 0.15) is 11.2 Å². The van der Waals surface area contributed by atoms with Gasteiger partial charge in [-0.05, 0) is 150 Å². The SMILES string of the molecule is CC(C)(C)c1ccc(N(c2ccc3c(c2)N(c2ccc(-c4cccc5c4oc4ccccc45)cc2)c2cc(C(C)(C)C)cc4c2B3c2cc(C(C)(C)C)ccc2N4c2ccc(C(C)(C)C)cc2)c2ccccc2-c2ccccc2)cc1. The van der Waals surface area contributed by atoms with Gasteiger partial charge in [-0.15, -0.1) is 0 Å². The molecule has 3 heterocycles. The number of furan rings is 1. The lowest BCUT2D eigenvalue weighted by molar-refractivity contribution is 0.589. The lowest BCUT2D eigenvalue weighted by Crippen LogP contribution is -2.61. The van der Waals surface area contributed by atoms with E-state index in [1.165, 1.54) is 66.8 Å². The highest BCUT2D eigenvalue weighted by atomic mass is 16.3. The second-order valence-electron chi connectivity index (χ2n) is 26.7. The van der Waals surface area contributed by atoms with Crippen LogP contribution in [0.5, 0.6) is 0 Å². The fourth-order valence-corrected chi connectivity index (χ4v) is 12.5. The number of rotatable bonds is 7. The van der Waals surface area contributed by atoms with Crippen LogP contribution in [0.4, 0.5) is 51.2 Å². The third-order valence-electron chi connectivity index (χ3n) is 17.1. The van der Waals surface area contributed by atoms with E-state index in [0.717, 1.165) is 67.2 Å². The van der Waals surface area contributed by atoms with E-state index in [1.807, 2.05) is 6.07 Å². The quantitative estimate of drug-likeness (QED) is 0.148. The zero-order chi connectivity index (χ0) is 56.3. The summed E-state index contributed by atoms with van der Waals surface area (Å²) in [5.41, 5.74) is 25.5. The van der Waals surface area contributed by atoms with Crippen molar-refractivity contribution in [3.8, 4) is 22.3 Å². The smallest absolute Gasteiger partial charge is 0.252 e. The van der Waals surface area contributed by atoms with E-state index in [0.29, 0.717) is 0 Å². The normalized spacial score (nSPS) is 13.4. The van der Waals surface area contributed by atoms with E-state index in [4.69, 9.17) is 4.42 Å². The number of benzene rings is 10. The average Bonchev–Trinajstić information content (AvgIpc) is 3.93. The van der Waals surface area contributed by atoms with Crippen molar-refractivity contribution in [3.05, 3.63) is 241 Å². The van der Waals surface area contributed by atoms with E-state index in [2.05, 4.69) is 310 Å². The highest BCUT2D eigenvalue weighted by molar-refractivity contribution is 7.00. The highest BCUT2D eigenvalue weighted by Gasteiger charge is 2.45. The maximum absolute atomic E-state index is 6.64. The molecule has 0 saturated carbocycles. The maximum atomic E-state index is 6.64. The first-order valence-corrected chi connectivity index (χ1v) is 28.9. The Balaban J connectivity index is 1.09. The Labute approximate surface area is 480 Å². The number of para-hydroxylation sites is 3. The van der Waals surface area contributed by atoms with Crippen LogP contribution in [0.3, 0.4) is 0 Å². The molecular weight excluding hydrogens is 982 g/mol. The molecule has 0 unspecified atom stereocenters. The fourth-order valence-electron chi connectivity index (χ4n) is 12.5. The van der Waals surface area contributed by atoms with Crippen molar-refractivity contribution < 1.29 is 4.42 Å². The van der Waals surface area contributed by atoms with E-state index in [9.17, 15) is 0 Å². The third-order valence-corrected chi connectivity index (χ3v) is 17.1. The Kier molecular flexibility index (Phi) is 12.2. The molecule has 2 aliphatic rings. The molecule has 0 fully saturated rings. The van der Waals surface area contributed by atoms with Gasteiger partial charge in [-0.1, -0.05) is 223 Å². The van der Waals surface area contributed by atoms with Gasteiger partial charge in [0.15, 0.2) is 0 Å². The minimum atomic E-state index is -0.181. The van der Waals surface area contributed by atoms with Gasteiger partial charge in [-0.2, -0.15) is 0 Å². The number of fused-ring (bicyclic) bond motifs is 7. The molecule has 4 nitrogen and oxygen atoms in total. The second kappa shape index (κ2) is 19.1. The van der Waals surface area contributed by atoms with Gasteiger partial charge < -0.3 is 19.1 Å². The van der Waals surface area contributed by atoms with Gasteiger partial charge in [0, 0.05) is 67.4 Å². The Hall–Kier alpha value is -8.54. The van der Waals surface area contributed by atoms with Gasteiger partial charge in [-0.3, -0.25) is 0 Å². The molecule has 2 aliphatic heterocycles. The second-order valence-corrected chi connectivity index (χ2v) is 26.7. The van der Waals surface area contributed by atoms with Crippen molar-refractivity contribution in [1.82, 2.24) is 0 Å². The largest absolute Gasteiger partial charge is 0.455 e. The van der Waals surface area contributed by atoms with Crippen molar-refractivity contribution in [3.63, 3.8) is 0 Å². The zero-order valence-electron chi connectivity index (χ0n) is 49.1. The van der Waals surface area contributed by atoms with E-state index in [1.54, 1.807) is 0 Å². The van der Waals surface area contributed by atoms with Crippen LogP contribution in [0, 0.1) is 0 Å². The summed E-state index contributed by atoms with van der Waals surface area (Å²) in [6.45, 7) is 27.8. The van der Waals surface area contributed by atoms with Crippen molar-refractivity contribution in [2.45, 2.75) is 105 Å². The predicted molar refractivity (Wildman–Crippen MR) is 348 cm³/mol. The minimum Gasteiger partial charge on any atom is -0.455 e. The molecule has 81 heavy (non-hydrogen) atoms. The van der Waals surface area contributed by atoms with Gasteiger partial charge in [0.05, 0.1) is 5.69 Å². The van der Waals surface area contributed by atoms with Gasteiger partial charge in [-0.25, -0.2) is 0 Å². The molecule has 0 radical (unpaired) electrons. The molecule has 400 valence electrons. The van der Waals surface area contributed by atoms with Crippen molar-refractivity contribution in [2.24, 2.45) is 0 Å². The van der Waals surface area contributed by atoms with E-state index in [-0.39, 0.29) is 28.4 Å². The summed E-state index contributed by atoms with van der Waals surface area (Å²) >= 11 is 0. The van der Waals surface area contributed by atoms with Crippen LogP contribution in [0.1, 0.15) is 105 Å². The molecule has 5 heteroatoms. The van der Waals surface area contributed by atoms with Crippen molar-refractivity contribution >= 4 is 96.2 Å². The molecule has 1 aromatic heterocycles. The van der Waals surface area contributed by atoms with E-state index < -0.39 is 0 Å². The molecule has 0 spiro atoms. The Morgan fingerprint density at radius 3 is 1.53 bits per heavy atom. The molecule has 0 N–H and O–H groups in total. The lowest BCUT2D eigenvalue weighted by Gasteiger charge is -2.45. The van der Waals surface area contributed by atoms with E-state index >= 15 is 0 Å². The first-order valence-electron chi connectivity index (χ1n) is 28.9. The summed E-state index contributed by atoms with van der Waals surface area (Å²) in [4.78, 5) is 7.63. The number of nitrogens with zero attached hydrogens (tertiary/aromatic N) is 3. The van der Waals surface area contributed by atoms with Crippen LogP contribution >= 0.6 is 0 Å². The van der Waals surface area contributed by atoms with Gasteiger partial charge in [0.25, 0.3) is 6.71 Å². The van der Waals surface area contributed by atoms with Crippen LogP contribution in [0.15, 0.2) is 223 Å². The molecule has 0 bridgehead atoms. The minimum absolute atomic E-state index is 0.00148. The first-order chi connectivity index (χ1) is 38.7. The summed E-state index contributed by atoms with van der Waals surface area (Å²) in [7, 11) is 0. The Morgan fingerprint density at radius 2 is 0.877 bits per heavy atom. The van der Waals surface area contributed by atoms with Crippen molar-refractivity contribution in [1.29, 1.82) is 0 Å². The standard InChI is InChI=1S/C76H72BN3O/c1-73(2,3)51-31-38-55(39-32-51)78(65-27-18-16-23-59(65)49-21-14-13-15-22-49)58-42-43-63-67(48-58)80(56-36-29-50(30-37-56)60-25-20-26-62-61-24-17-19-28-70(61)81-72(60)62)69-47-54(76(10,11)12)46-68-71(69)77(63)64-45-53(75(7,8)9)35-44-66(64)79(68)57-40-33-52(34-41-57)74(4,5)6/h13-48H,1-12H3. The predicted octanol–water partition coefficient (Wildman–Crippen LogP) is 19.7. The molecule has 0 atom stereocenters. The average molecular weight is 1050 g/mol. The molecule has 0 amide bonds. The van der Waals surface area contributed by atoms with Crippen LogP contribution in [0.2, 0.25) is 0 Å². The molecule has 0 saturated heterocycles. The molecule has 13 rings (SSSR count). The summed E-state index contributed by atoms with van der Waals surface area (Å²) in [6, 6.07) is 82.1. The topological polar surface area (TPSA) is 22.9 Å². The summed E-state index contributed by atoms with van der Waals surface area (Å²) in [6.07, 6.45) is 0. The van der Waals surface area contributed by atoms with Gasteiger partial charge in [0.2, 0.25) is 0 Å². The number of hydrogen-bond donors (Lipinski definition) is 0. The molecular formula is C76H72BN3O. The molecule has 0 aliphatic carbocycles. The van der Waals surface area contributed by atoms with Crippen LogP contribution < -0.4 is 31.1 Å². The van der Waals surface area contributed by atoms with Crippen molar-refractivity contribution in [2.75, 3.05) is 14.7 Å². The monoisotopic (exact) mass is 1050 g/mol. The van der Waals surface area contributed by atoms with Crippen LogP contribution in [-0.4, -0.2) is 6.71 Å². The first kappa shape index (κ1) is 51.9. The number of anilines is 9. The summed E-state index contributed by atoms with van der Waals surface area (Å²) in [5.74, 6) is 0. The maximum Gasteiger partial charge on any atom is 0.252 e. The lowest BCUT2D eigenvalue weighted by atomic mass is 9.33.